The molecule has 36 heavy (non-hydrogen) atoms. The van der Waals surface area contributed by atoms with Gasteiger partial charge in [-0.1, -0.05) is 19.9 Å². The van der Waals surface area contributed by atoms with E-state index in [-0.39, 0.29) is 11.6 Å². The smallest absolute Gasteiger partial charge is 0.354 e. The summed E-state index contributed by atoms with van der Waals surface area (Å²) in [5.74, 6) is -0.0667. The molecule has 2 aromatic heterocycles. The first-order valence-corrected chi connectivity index (χ1v) is 11.9. The van der Waals surface area contributed by atoms with Crippen LogP contribution in [-0.2, 0) is 4.74 Å². The Morgan fingerprint density at radius 1 is 1.17 bits per heavy atom. The lowest BCUT2D eigenvalue weighted by Crippen LogP contribution is -2.36. The van der Waals surface area contributed by atoms with Crippen molar-refractivity contribution in [3.8, 4) is 11.1 Å². The SMILES string of the molecule is CC(C)C(=N)c1c(-c2ccc(N3CCOCC3)nc2)cc(C(=O)O)nc1Nc1cccc(N(C)C)c1. The molecule has 1 aliphatic rings. The van der Waals surface area contributed by atoms with E-state index >= 15 is 0 Å². The first kappa shape index (κ1) is 25.1. The minimum atomic E-state index is -1.14. The Labute approximate surface area is 211 Å². The number of morpholine rings is 1. The molecule has 0 unspecified atom stereocenters. The predicted octanol–water partition coefficient (Wildman–Crippen LogP) is 4.51. The van der Waals surface area contributed by atoms with Crippen LogP contribution in [0, 0.1) is 11.3 Å². The first-order chi connectivity index (χ1) is 17.2. The molecule has 0 amide bonds. The fraction of sp³-hybridized carbons (Fsp3) is 0.333. The number of benzene rings is 1. The molecular weight excluding hydrogens is 456 g/mol. The lowest BCUT2D eigenvalue weighted by molar-refractivity contribution is 0.0690. The fourth-order valence-electron chi connectivity index (χ4n) is 4.06. The molecule has 188 valence electrons. The van der Waals surface area contributed by atoms with Crippen molar-refractivity contribution in [3.05, 3.63) is 59.9 Å². The minimum absolute atomic E-state index is 0.101. The molecule has 0 bridgehead atoms. The second kappa shape index (κ2) is 10.7. The molecule has 0 spiro atoms. The molecule has 0 atom stereocenters. The summed E-state index contributed by atoms with van der Waals surface area (Å²) in [6, 6.07) is 13.1. The molecule has 3 heterocycles. The first-order valence-electron chi connectivity index (χ1n) is 11.9. The zero-order chi connectivity index (χ0) is 25.8. The lowest BCUT2D eigenvalue weighted by atomic mass is 9.92. The molecular formula is C27H32N6O3. The molecule has 9 heteroatoms. The summed E-state index contributed by atoms with van der Waals surface area (Å²) < 4.78 is 5.43. The topological polar surface area (TPSA) is 115 Å². The Bertz CT molecular complexity index is 1250. The summed E-state index contributed by atoms with van der Waals surface area (Å²) in [7, 11) is 3.90. The number of carboxylic acids is 1. The maximum Gasteiger partial charge on any atom is 0.354 e. The van der Waals surface area contributed by atoms with Gasteiger partial charge in [0.25, 0.3) is 0 Å². The molecule has 0 radical (unpaired) electrons. The second-order valence-corrected chi connectivity index (χ2v) is 9.23. The van der Waals surface area contributed by atoms with E-state index in [9.17, 15) is 9.90 Å². The number of carbonyl (C=O) groups is 1. The van der Waals surface area contributed by atoms with E-state index in [1.807, 2.05) is 69.2 Å². The van der Waals surface area contributed by atoms with Crippen LogP contribution in [0.25, 0.3) is 11.1 Å². The average molecular weight is 489 g/mol. The molecule has 1 aliphatic heterocycles. The third kappa shape index (κ3) is 5.46. The standard InChI is InChI=1S/C27H32N6O3/c1-17(2)25(28)24-21(18-8-9-23(29-16-18)33-10-12-36-13-11-33)15-22(27(34)35)31-26(24)30-19-6-5-7-20(14-19)32(3)4/h5-9,14-17,28H,10-13H2,1-4H3,(H,30,31)(H,34,35). The van der Waals surface area contributed by atoms with Crippen molar-refractivity contribution in [1.82, 2.24) is 9.97 Å². The molecule has 4 rings (SSSR count). The summed E-state index contributed by atoms with van der Waals surface area (Å²) >= 11 is 0. The van der Waals surface area contributed by atoms with Gasteiger partial charge >= 0.3 is 5.97 Å². The number of aromatic carboxylic acids is 1. The van der Waals surface area contributed by atoms with Gasteiger partial charge in [0, 0.05) is 61.6 Å². The number of carboxylic acid groups (broad SMARTS) is 1. The van der Waals surface area contributed by atoms with Crippen molar-refractivity contribution in [1.29, 1.82) is 5.41 Å². The van der Waals surface area contributed by atoms with Crippen LogP contribution in [0.1, 0.15) is 29.9 Å². The Hall–Kier alpha value is -3.98. The van der Waals surface area contributed by atoms with Crippen molar-refractivity contribution >= 4 is 34.7 Å². The third-order valence-electron chi connectivity index (χ3n) is 6.10. The van der Waals surface area contributed by atoms with Crippen LogP contribution in [-0.4, -0.2) is 67.2 Å². The summed E-state index contributed by atoms with van der Waals surface area (Å²) in [6.45, 7) is 6.74. The van der Waals surface area contributed by atoms with Crippen LogP contribution >= 0.6 is 0 Å². The van der Waals surface area contributed by atoms with Gasteiger partial charge in [-0.2, -0.15) is 0 Å². The summed E-state index contributed by atoms with van der Waals surface area (Å²) in [5.41, 5.74) is 3.88. The molecule has 0 aliphatic carbocycles. The fourth-order valence-corrected chi connectivity index (χ4v) is 4.06. The van der Waals surface area contributed by atoms with Crippen molar-refractivity contribution in [2.75, 3.05) is 55.5 Å². The lowest BCUT2D eigenvalue weighted by Gasteiger charge is -2.28. The van der Waals surface area contributed by atoms with Crippen LogP contribution in [0.3, 0.4) is 0 Å². The number of nitrogens with zero attached hydrogens (tertiary/aromatic N) is 4. The van der Waals surface area contributed by atoms with Crippen LogP contribution in [0.4, 0.5) is 23.0 Å². The quantitative estimate of drug-likeness (QED) is 0.397. The number of aromatic nitrogens is 2. The summed E-state index contributed by atoms with van der Waals surface area (Å²) in [6.07, 6.45) is 1.74. The highest BCUT2D eigenvalue weighted by Gasteiger charge is 2.23. The average Bonchev–Trinajstić information content (AvgIpc) is 2.88. The van der Waals surface area contributed by atoms with Crippen molar-refractivity contribution in [3.63, 3.8) is 0 Å². The minimum Gasteiger partial charge on any atom is -0.477 e. The van der Waals surface area contributed by atoms with Gasteiger partial charge in [0.15, 0.2) is 5.69 Å². The van der Waals surface area contributed by atoms with Gasteiger partial charge in [-0.25, -0.2) is 14.8 Å². The molecule has 1 aromatic carbocycles. The monoisotopic (exact) mass is 488 g/mol. The van der Waals surface area contributed by atoms with E-state index < -0.39 is 5.97 Å². The second-order valence-electron chi connectivity index (χ2n) is 9.23. The molecule has 0 saturated carbocycles. The third-order valence-corrected chi connectivity index (χ3v) is 6.10. The van der Waals surface area contributed by atoms with Crippen molar-refractivity contribution in [2.45, 2.75) is 13.8 Å². The Balaban J connectivity index is 1.83. The van der Waals surface area contributed by atoms with Crippen LogP contribution < -0.4 is 15.1 Å². The number of rotatable bonds is 8. The summed E-state index contributed by atoms with van der Waals surface area (Å²) in [4.78, 5) is 25.2. The number of ether oxygens (including phenoxy) is 1. The van der Waals surface area contributed by atoms with Gasteiger partial charge < -0.3 is 30.4 Å². The molecule has 9 nitrogen and oxygen atoms in total. The van der Waals surface area contributed by atoms with Crippen LogP contribution in [0.2, 0.25) is 0 Å². The Morgan fingerprint density at radius 2 is 1.92 bits per heavy atom. The van der Waals surface area contributed by atoms with E-state index in [1.165, 1.54) is 6.07 Å². The highest BCUT2D eigenvalue weighted by atomic mass is 16.5. The highest BCUT2D eigenvalue weighted by molar-refractivity contribution is 6.10. The largest absolute Gasteiger partial charge is 0.477 e. The zero-order valence-corrected chi connectivity index (χ0v) is 21.1. The van der Waals surface area contributed by atoms with Gasteiger partial charge in [-0.3, -0.25) is 0 Å². The van der Waals surface area contributed by atoms with Crippen LogP contribution in [0.5, 0.6) is 0 Å². The molecule has 3 aromatic rings. The van der Waals surface area contributed by atoms with Gasteiger partial charge in [0.2, 0.25) is 0 Å². The normalized spacial score (nSPS) is 13.5. The number of anilines is 4. The van der Waals surface area contributed by atoms with Gasteiger partial charge in [-0.05, 0) is 47.9 Å². The summed E-state index contributed by atoms with van der Waals surface area (Å²) in [5, 5.41) is 22.0. The van der Waals surface area contributed by atoms with E-state index in [2.05, 4.69) is 20.2 Å². The van der Waals surface area contributed by atoms with E-state index in [1.54, 1.807) is 6.20 Å². The Morgan fingerprint density at radius 3 is 2.53 bits per heavy atom. The van der Waals surface area contributed by atoms with E-state index in [0.29, 0.717) is 35.9 Å². The molecule has 3 N–H and O–H groups in total. The van der Waals surface area contributed by atoms with Crippen molar-refractivity contribution < 1.29 is 14.6 Å². The Kier molecular flexibility index (Phi) is 7.49. The zero-order valence-electron chi connectivity index (χ0n) is 21.1. The van der Waals surface area contributed by atoms with E-state index in [0.717, 1.165) is 35.8 Å². The molecule has 1 saturated heterocycles. The van der Waals surface area contributed by atoms with E-state index in [4.69, 9.17) is 10.1 Å². The van der Waals surface area contributed by atoms with Gasteiger partial charge in [-0.15, -0.1) is 0 Å². The molecule has 1 fully saturated rings. The number of hydrogen-bond donors (Lipinski definition) is 3. The maximum atomic E-state index is 12.0. The highest BCUT2D eigenvalue weighted by Crippen LogP contribution is 2.34. The van der Waals surface area contributed by atoms with Gasteiger partial charge in [0.05, 0.1) is 13.2 Å². The number of pyridine rings is 2. The number of nitrogens with one attached hydrogen (secondary N) is 2. The number of hydrogen-bond acceptors (Lipinski definition) is 8. The van der Waals surface area contributed by atoms with Crippen LogP contribution in [0.15, 0.2) is 48.7 Å². The maximum absolute atomic E-state index is 12.0. The van der Waals surface area contributed by atoms with Crippen molar-refractivity contribution in [2.24, 2.45) is 5.92 Å². The van der Waals surface area contributed by atoms with Gasteiger partial charge in [0.1, 0.15) is 11.6 Å². The predicted molar refractivity (Wildman–Crippen MR) is 143 cm³/mol.